The van der Waals surface area contributed by atoms with Gasteiger partial charge in [0.05, 0.1) is 0 Å². The first-order valence-electron chi connectivity index (χ1n) is 8.72. The van der Waals surface area contributed by atoms with Crippen molar-refractivity contribution in [2.75, 3.05) is 5.32 Å². The molecule has 0 spiro atoms. The monoisotopic (exact) mass is 338 g/mol. The minimum Gasteiger partial charge on any atom is -0.357 e. The summed E-state index contributed by atoms with van der Waals surface area (Å²) < 4.78 is 2.01. The average molecular weight is 338 g/mol. The van der Waals surface area contributed by atoms with E-state index in [0.717, 1.165) is 34.0 Å². The van der Waals surface area contributed by atoms with Crippen LogP contribution in [0.15, 0.2) is 84.9 Å². The number of anilines is 1. The van der Waals surface area contributed by atoms with Crippen LogP contribution in [0.25, 0.3) is 22.8 Å². The molecule has 1 N–H and O–H groups in total. The molecule has 1 aliphatic rings. The predicted molar refractivity (Wildman–Crippen MR) is 104 cm³/mol. The number of aromatic nitrogens is 3. The molecule has 1 atom stereocenters. The molecule has 3 aromatic carbocycles. The van der Waals surface area contributed by atoms with E-state index in [1.807, 2.05) is 53.2 Å². The number of benzene rings is 3. The summed E-state index contributed by atoms with van der Waals surface area (Å²) in [5.74, 6) is 1.62. The van der Waals surface area contributed by atoms with Crippen LogP contribution in [0.1, 0.15) is 12.5 Å². The standard InChI is InChI=1S/C22H18N4/c1-22(17-12-6-3-7-13-17)24-19-15-9-8-14-18(19)21-23-20(25-26(21)22)16-10-4-2-5-11-16/h2-15,24H,1H3/t22-/m0/s1. The highest BCUT2D eigenvalue weighted by molar-refractivity contribution is 5.78. The number of para-hydroxylation sites is 1. The molecule has 5 rings (SSSR count). The molecule has 0 bridgehead atoms. The van der Waals surface area contributed by atoms with Crippen molar-refractivity contribution in [3.8, 4) is 22.8 Å². The highest BCUT2D eigenvalue weighted by Crippen LogP contribution is 2.41. The van der Waals surface area contributed by atoms with E-state index in [1.54, 1.807) is 0 Å². The molecule has 0 saturated carbocycles. The van der Waals surface area contributed by atoms with Gasteiger partial charge in [-0.25, -0.2) is 9.67 Å². The van der Waals surface area contributed by atoms with E-state index < -0.39 is 5.66 Å². The van der Waals surface area contributed by atoms with Crippen molar-refractivity contribution in [3.05, 3.63) is 90.5 Å². The van der Waals surface area contributed by atoms with Crippen molar-refractivity contribution in [2.24, 2.45) is 0 Å². The molecule has 0 amide bonds. The summed E-state index contributed by atoms with van der Waals surface area (Å²) >= 11 is 0. The second kappa shape index (κ2) is 5.56. The molecule has 0 unspecified atom stereocenters. The van der Waals surface area contributed by atoms with Crippen LogP contribution < -0.4 is 5.32 Å². The maximum atomic E-state index is 4.90. The second-order valence-corrected chi connectivity index (χ2v) is 6.65. The van der Waals surface area contributed by atoms with Gasteiger partial charge in [-0.15, -0.1) is 5.10 Å². The Morgan fingerprint density at radius 2 is 1.46 bits per heavy atom. The quantitative estimate of drug-likeness (QED) is 0.573. The smallest absolute Gasteiger partial charge is 0.181 e. The Balaban J connectivity index is 1.77. The Labute approximate surface area is 152 Å². The number of nitrogens with one attached hydrogen (secondary N) is 1. The molecule has 0 saturated heterocycles. The minimum absolute atomic E-state index is 0.509. The maximum Gasteiger partial charge on any atom is 0.181 e. The molecule has 0 aliphatic carbocycles. The fraction of sp³-hybridized carbons (Fsp3) is 0.0909. The van der Waals surface area contributed by atoms with Gasteiger partial charge in [-0.2, -0.15) is 0 Å². The zero-order chi connectivity index (χ0) is 17.6. The molecule has 126 valence electrons. The number of hydrogen-bond acceptors (Lipinski definition) is 3. The van der Waals surface area contributed by atoms with Crippen LogP contribution in [0.4, 0.5) is 5.69 Å². The Morgan fingerprint density at radius 3 is 2.23 bits per heavy atom. The highest BCUT2D eigenvalue weighted by atomic mass is 15.5. The molecule has 26 heavy (non-hydrogen) atoms. The molecular formula is C22H18N4. The normalized spacial score (nSPS) is 17.9. The molecule has 1 aliphatic heterocycles. The SMILES string of the molecule is C[C@]1(c2ccccc2)Nc2ccccc2-c2nc(-c3ccccc3)nn21. The Hall–Kier alpha value is -3.40. The lowest BCUT2D eigenvalue weighted by Gasteiger charge is -2.37. The summed E-state index contributed by atoms with van der Waals surface area (Å²) in [6.07, 6.45) is 0. The summed E-state index contributed by atoms with van der Waals surface area (Å²) in [7, 11) is 0. The predicted octanol–water partition coefficient (Wildman–Crippen LogP) is 4.76. The zero-order valence-corrected chi connectivity index (χ0v) is 14.4. The average Bonchev–Trinajstić information content (AvgIpc) is 3.16. The van der Waals surface area contributed by atoms with Crippen LogP contribution >= 0.6 is 0 Å². The molecule has 2 heterocycles. The van der Waals surface area contributed by atoms with Gasteiger partial charge in [-0.05, 0) is 24.6 Å². The van der Waals surface area contributed by atoms with E-state index in [4.69, 9.17) is 10.1 Å². The third-order valence-corrected chi connectivity index (χ3v) is 4.94. The van der Waals surface area contributed by atoms with Crippen molar-refractivity contribution in [1.82, 2.24) is 14.8 Å². The first-order chi connectivity index (χ1) is 12.8. The topological polar surface area (TPSA) is 42.7 Å². The van der Waals surface area contributed by atoms with Crippen LogP contribution in [0, 0.1) is 0 Å². The first-order valence-corrected chi connectivity index (χ1v) is 8.72. The lowest BCUT2D eigenvalue weighted by atomic mass is 9.97. The molecule has 1 aromatic heterocycles. The van der Waals surface area contributed by atoms with Gasteiger partial charge in [0.25, 0.3) is 0 Å². The van der Waals surface area contributed by atoms with Crippen LogP contribution in [0.5, 0.6) is 0 Å². The maximum absolute atomic E-state index is 4.90. The first kappa shape index (κ1) is 14.9. The molecule has 4 heteroatoms. The Morgan fingerprint density at radius 1 is 0.808 bits per heavy atom. The van der Waals surface area contributed by atoms with Gasteiger partial charge in [0.15, 0.2) is 17.3 Å². The molecule has 0 radical (unpaired) electrons. The lowest BCUT2D eigenvalue weighted by molar-refractivity contribution is 0.404. The van der Waals surface area contributed by atoms with Crippen LogP contribution in [-0.4, -0.2) is 14.8 Å². The van der Waals surface area contributed by atoms with Gasteiger partial charge < -0.3 is 5.32 Å². The van der Waals surface area contributed by atoms with Gasteiger partial charge in [-0.1, -0.05) is 72.8 Å². The van der Waals surface area contributed by atoms with E-state index in [1.165, 1.54) is 0 Å². The number of nitrogens with zero attached hydrogens (tertiary/aromatic N) is 3. The van der Waals surface area contributed by atoms with Crippen molar-refractivity contribution in [2.45, 2.75) is 12.6 Å². The summed E-state index contributed by atoms with van der Waals surface area (Å²) in [5, 5.41) is 8.56. The fourth-order valence-corrected chi connectivity index (χ4v) is 3.57. The van der Waals surface area contributed by atoms with E-state index >= 15 is 0 Å². The summed E-state index contributed by atoms with van der Waals surface area (Å²) in [5.41, 5.74) is 3.78. The van der Waals surface area contributed by atoms with Gasteiger partial charge in [0, 0.05) is 16.8 Å². The third kappa shape index (κ3) is 2.15. The third-order valence-electron chi connectivity index (χ3n) is 4.94. The Bertz CT molecular complexity index is 1070. The van der Waals surface area contributed by atoms with E-state index in [2.05, 4.69) is 48.6 Å². The highest BCUT2D eigenvalue weighted by Gasteiger charge is 2.38. The zero-order valence-electron chi connectivity index (χ0n) is 14.4. The van der Waals surface area contributed by atoms with E-state index in [9.17, 15) is 0 Å². The van der Waals surface area contributed by atoms with Crippen LogP contribution in [0.2, 0.25) is 0 Å². The fourth-order valence-electron chi connectivity index (χ4n) is 3.57. The van der Waals surface area contributed by atoms with Gasteiger partial charge in [0.2, 0.25) is 0 Å². The number of fused-ring (bicyclic) bond motifs is 3. The number of rotatable bonds is 2. The molecule has 4 nitrogen and oxygen atoms in total. The second-order valence-electron chi connectivity index (χ2n) is 6.65. The minimum atomic E-state index is -0.509. The summed E-state index contributed by atoms with van der Waals surface area (Å²) in [6, 6.07) is 28.7. The lowest BCUT2D eigenvalue weighted by Crippen LogP contribution is -2.43. The molecule has 0 fully saturated rings. The van der Waals surface area contributed by atoms with E-state index in [-0.39, 0.29) is 0 Å². The van der Waals surface area contributed by atoms with Crippen molar-refractivity contribution in [1.29, 1.82) is 0 Å². The van der Waals surface area contributed by atoms with Gasteiger partial charge in [0.1, 0.15) is 0 Å². The van der Waals surface area contributed by atoms with E-state index in [0.29, 0.717) is 0 Å². The van der Waals surface area contributed by atoms with Crippen molar-refractivity contribution in [3.63, 3.8) is 0 Å². The van der Waals surface area contributed by atoms with Crippen molar-refractivity contribution < 1.29 is 0 Å². The molecule has 4 aromatic rings. The van der Waals surface area contributed by atoms with Crippen molar-refractivity contribution >= 4 is 5.69 Å². The summed E-state index contributed by atoms with van der Waals surface area (Å²) in [6.45, 7) is 2.14. The van der Waals surface area contributed by atoms with Gasteiger partial charge >= 0.3 is 0 Å². The van der Waals surface area contributed by atoms with Crippen LogP contribution in [-0.2, 0) is 5.66 Å². The summed E-state index contributed by atoms with van der Waals surface area (Å²) in [4.78, 5) is 4.90. The number of hydrogen-bond donors (Lipinski definition) is 1. The van der Waals surface area contributed by atoms with Gasteiger partial charge in [-0.3, -0.25) is 0 Å². The molecular weight excluding hydrogens is 320 g/mol. The Kier molecular flexibility index (Phi) is 3.19. The van der Waals surface area contributed by atoms with Crippen LogP contribution in [0.3, 0.4) is 0 Å². The largest absolute Gasteiger partial charge is 0.357 e.